The van der Waals surface area contributed by atoms with Gasteiger partial charge in [-0.15, -0.1) is 0 Å². The third-order valence-electron chi connectivity index (χ3n) is 10.9. The Morgan fingerprint density at radius 2 is 0.828 bits per heavy atom. The van der Waals surface area contributed by atoms with Gasteiger partial charge in [0.1, 0.15) is 0 Å². The molecule has 2 nitrogen and oxygen atoms in total. The van der Waals surface area contributed by atoms with E-state index in [1.54, 1.807) is 49.9 Å². The second-order valence-corrected chi connectivity index (χ2v) is 12.8. The van der Waals surface area contributed by atoms with Gasteiger partial charge < -0.3 is 9.80 Å². The lowest BCUT2D eigenvalue weighted by molar-refractivity contribution is -0.0125. The first-order valence-electron chi connectivity index (χ1n) is 12.8. The Balaban J connectivity index is 1.21. The summed E-state index contributed by atoms with van der Waals surface area (Å²) >= 11 is 0. The van der Waals surface area contributed by atoms with Gasteiger partial charge in [0.2, 0.25) is 0 Å². The van der Waals surface area contributed by atoms with Crippen LogP contribution in [-0.4, -0.2) is 17.7 Å². The molecule has 1 aromatic carbocycles. The van der Waals surface area contributed by atoms with Crippen LogP contribution < -0.4 is 9.80 Å². The Kier molecular flexibility index (Phi) is 3.04. The van der Waals surface area contributed by atoms with E-state index in [1.165, 1.54) is 45.2 Å². The molecule has 0 unspecified atom stereocenters. The van der Waals surface area contributed by atoms with E-state index in [0.717, 1.165) is 35.5 Å². The number of hydrogen-bond acceptors (Lipinski definition) is 2. The van der Waals surface area contributed by atoms with Crippen LogP contribution in [0.2, 0.25) is 0 Å². The third kappa shape index (κ3) is 2.14. The van der Waals surface area contributed by atoms with Crippen LogP contribution in [0.4, 0.5) is 11.4 Å². The molecule has 9 aliphatic rings. The number of benzene rings is 1. The molecule has 0 radical (unpaired) electrons. The molecule has 29 heavy (non-hydrogen) atoms. The molecule has 8 aliphatic carbocycles. The molecule has 0 aromatic heterocycles. The molecular weight excluding hydrogens is 352 g/mol. The fourth-order valence-corrected chi connectivity index (χ4v) is 10.8. The lowest BCUT2D eigenvalue weighted by Crippen LogP contribution is -2.64. The monoisotopic (exact) mass is 388 g/mol. The summed E-state index contributed by atoms with van der Waals surface area (Å²) in [4.78, 5) is 5.96. The predicted octanol–water partition coefficient (Wildman–Crippen LogP) is 6.21. The van der Waals surface area contributed by atoms with Crippen molar-refractivity contribution in [1.82, 2.24) is 0 Å². The zero-order valence-corrected chi connectivity index (χ0v) is 17.9. The van der Waals surface area contributed by atoms with Crippen molar-refractivity contribution in [3.63, 3.8) is 0 Å². The molecule has 8 fully saturated rings. The van der Waals surface area contributed by atoms with Crippen molar-refractivity contribution in [1.29, 1.82) is 0 Å². The highest BCUT2D eigenvalue weighted by molar-refractivity contribution is 5.78. The Labute approximate surface area is 176 Å². The van der Waals surface area contributed by atoms with E-state index in [9.17, 15) is 0 Å². The molecule has 2 heteroatoms. The highest BCUT2D eigenvalue weighted by atomic mass is 15.4. The van der Waals surface area contributed by atoms with E-state index in [0.29, 0.717) is 11.1 Å². The van der Waals surface area contributed by atoms with E-state index in [4.69, 9.17) is 0 Å². The van der Waals surface area contributed by atoms with E-state index >= 15 is 0 Å². The van der Waals surface area contributed by atoms with Gasteiger partial charge in [0.05, 0.1) is 18.0 Å². The van der Waals surface area contributed by atoms with Gasteiger partial charge in [-0.3, -0.25) is 0 Å². The Hall–Kier alpha value is -1.18. The lowest BCUT2D eigenvalue weighted by atomic mass is 9.52. The van der Waals surface area contributed by atoms with Gasteiger partial charge in [-0.05, 0) is 125 Å². The number of hydrogen-bond donors (Lipinski definition) is 0. The topological polar surface area (TPSA) is 6.48 Å². The van der Waals surface area contributed by atoms with Gasteiger partial charge >= 0.3 is 0 Å². The quantitative estimate of drug-likeness (QED) is 0.594. The molecule has 8 bridgehead atoms. The average Bonchev–Trinajstić information content (AvgIpc) is 3.07. The van der Waals surface area contributed by atoms with Crippen molar-refractivity contribution in [2.75, 3.05) is 16.5 Å². The number of para-hydroxylation sites is 2. The minimum Gasteiger partial charge on any atom is -0.346 e. The maximum Gasteiger partial charge on any atom is 0.0915 e. The van der Waals surface area contributed by atoms with Crippen LogP contribution in [0.3, 0.4) is 0 Å². The van der Waals surface area contributed by atoms with Crippen LogP contribution in [0.15, 0.2) is 24.3 Å². The molecule has 0 atom stereocenters. The standard InChI is InChI=1S/C27H36N2/c1-2-4-25-24(3-1)28(26-11-18-5-19(12-26)7-20(6-18)13-26)17-29(25)27-14-21-8-22(15-27)10-23(9-21)16-27/h1-4,18-23H,5-17H2. The Morgan fingerprint density at radius 3 is 1.14 bits per heavy atom. The first kappa shape index (κ1) is 16.5. The first-order valence-corrected chi connectivity index (χ1v) is 12.8. The van der Waals surface area contributed by atoms with Gasteiger partial charge in [-0.25, -0.2) is 0 Å². The van der Waals surface area contributed by atoms with E-state index in [-0.39, 0.29) is 0 Å². The molecule has 0 amide bonds. The molecule has 1 aromatic rings. The SMILES string of the molecule is c1ccc2c(c1)N(C13CC4CC(CC(C4)C1)C3)CN2C12CC3CC(CC(C3)C1)C2. The second-order valence-electron chi connectivity index (χ2n) is 12.8. The molecule has 154 valence electrons. The van der Waals surface area contributed by atoms with Crippen molar-refractivity contribution in [3.8, 4) is 0 Å². The number of fused-ring (bicyclic) bond motifs is 1. The minimum atomic E-state index is 0.488. The molecule has 1 heterocycles. The first-order chi connectivity index (χ1) is 14.2. The minimum absolute atomic E-state index is 0.488. The highest BCUT2D eigenvalue weighted by Gasteiger charge is 2.59. The molecule has 0 spiro atoms. The van der Waals surface area contributed by atoms with Crippen molar-refractivity contribution in [2.45, 2.75) is 88.1 Å². The summed E-state index contributed by atoms with van der Waals surface area (Å²) in [5.74, 6) is 6.18. The second kappa shape index (κ2) is 5.35. The predicted molar refractivity (Wildman–Crippen MR) is 118 cm³/mol. The molecular formula is C27H36N2. The van der Waals surface area contributed by atoms with Gasteiger partial charge in [0, 0.05) is 11.1 Å². The molecule has 0 N–H and O–H groups in total. The van der Waals surface area contributed by atoms with Crippen molar-refractivity contribution >= 4 is 11.4 Å². The van der Waals surface area contributed by atoms with E-state index in [2.05, 4.69) is 34.1 Å². The molecule has 0 saturated heterocycles. The van der Waals surface area contributed by atoms with Crippen molar-refractivity contribution in [3.05, 3.63) is 24.3 Å². The number of anilines is 2. The third-order valence-corrected chi connectivity index (χ3v) is 10.9. The maximum atomic E-state index is 2.98. The normalized spacial score (nSPS) is 51.2. The number of rotatable bonds is 2. The van der Waals surface area contributed by atoms with Crippen LogP contribution in [0.5, 0.6) is 0 Å². The van der Waals surface area contributed by atoms with Crippen molar-refractivity contribution < 1.29 is 0 Å². The molecule has 1 aliphatic heterocycles. The van der Waals surface area contributed by atoms with Gasteiger partial charge in [0.15, 0.2) is 0 Å². The summed E-state index contributed by atoms with van der Waals surface area (Å²) in [5, 5.41) is 0. The highest BCUT2D eigenvalue weighted by Crippen LogP contribution is 2.63. The smallest absolute Gasteiger partial charge is 0.0915 e. The summed E-state index contributed by atoms with van der Waals surface area (Å²) < 4.78 is 0. The fraction of sp³-hybridized carbons (Fsp3) is 0.778. The van der Waals surface area contributed by atoms with Crippen LogP contribution in [0.25, 0.3) is 0 Å². The zero-order valence-electron chi connectivity index (χ0n) is 17.9. The Bertz CT molecular complexity index is 716. The van der Waals surface area contributed by atoms with Crippen LogP contribution in [0.1, 0.15) is 77.0 Å². The summed E-state index contributed by atoms with van der Waals surface area (Å²) in [6.45, 7) is 1.21. The van der Waals surface area contributed by atoms with Gasteiger partial charge in [-0.1, -0.05) is 12.1 Å². The van der Waals surface area contributed by atoms with Crippen molar-refractivity contribution in [2.24, 2.45) is 35.5 Å². The average molecular weight is 389 g/mol. The van der Waals surface area contributed by atoms with Crippen LogP contribution >= 0.6 is 0 Å². The van der Waals surface area contributed by atoms with E-state index in [1.807, 2.05) is 0 Å². The zero-order chi connectivity index (χ0) is 18.8. The maximum absolute atomic E-state index is 2.98. The van der Waals surface area contributed by atoms with E-state index < -0.39 is 0 Å². The van der Waals surface area contributed by atoms with Gasteiger partial charge in [-0.2, -0.15) is 0 Å². The van der Waals surface area contributed by atoms with Crippen LogP contribution in [0, 0.1) is 35.5 Å². The Morgan fingerprint density at radius 1 is 0.517 bits per heavy atom. The summed E-state index contributed by atoms with van der Waals surface area (Å²) in [5.41, 5.74) is 4.18. The molecule has 10 rings (SSSR count). The molecule has 8 saturated carbocycles. The summed E-state index contributed by atoms with van der Waals surface area (Å²) in [6, 6.07) is 9.59. The summed E-state index contributed by atoms with van der Waals surface area (Å²) in [6.07, 6.45) is 18.2. The largest absolute Gasteiger partial charge is 0.346 e. The fourth-order valence-electron chi connectivity index (χ4n) is 10.8. The summed E-state index contributed by atoms with van der Waals surface area (Å²) in [7, 11) is 0. The number of nitrogens with zero attached hydrogens (tertiary/aromatic N) is 2. The van der Waals surface area contributed by atoms with Crippen LogP contribution in [-0.2, 0) is 0 Å². The lowest BCUT2D eigenvalue weighted by Gasteiger charge is -2.62. The van der Waals surface area contributed by atoms with Gasteiger partial charge in [0.25, 0.3) is 0 Å².